The van der Waals surface area contributed by atoms with Crippen LogP contribution in [-0.2, 0) is 12.7 Å². The molecule has 102 valence electrons. The molecule has 0 fully saturated rings. The van der Waals surface area contributed by atoms with Crippen molar-refractivity contribution >= 4 is 0 Å². The lowest BCUT2D eigenvalue weighted by Gasteiger charge is -2.13. The average molecular weight is 269 g/mol. The predicted octanol–water partition coefficient (Wildman–Crippen LogP) is 2.92. The molecule has 0 amide bonds. The fourth-order valence-corrected chi connectivity index (χ4v) is 1.92. The first-order valence-electron chi connectivity index (χ1n) is 5.92. The summed E-state index contributed by atoms with van der Waals surface area (Å²) in [5.41, 5.74) is 4.84. The molecule has 0 saturated carbocycles. The van der Waals surface area contributed by atoms with Gasteiger partial charge in [-0.15, -0.1) is 0 Å². The third-order valence-electron chi connectivity index (χ3n) is 2.79. The summed E-state index contributed by atoms with van der Waals surface area (Å²) in [6.45, 7) is 1.04. The molecular weight excluding hydrogens is 255 g/mol. The number of hydrogen-bond donors (Lipinski definition) is 1. The predicted molar refractivity (Wildman–Crippen MR) is 66.3 cm³/mol. The van der Waals surface area contributed by atoms with E-state index in [1.165, 1.54) is 18.3 Å². The molecule has 1 aromatic carbocycles. The molecule has 0 bridgehead atoms. The summed E-state index contributed by atoms with van der Waals surface area (Å²) in [5.74, 6) is 0.321. The standard InChI is InChI=1S/C13H14F3N3/c14-13(15,16)11-5-2-1-4-10(11)12-18-7-9-19(12)8-3-6-17/h1-2,4-5,7,9H,3,6,8,17H2. The Kier molecular flexibility index (Phi) is 3.90. The van der Waals surface area contributed by atoms with Gasteiger partial charge in [-0.2, -0.15) is 13.2 Å². The summed E-state index contributed by atoms with van der Waals surface area (Å²) in [4.78, 5) is 4.04. The number of nitrogens with two attached hydrogens (primary N) is 1. The zero-order valence-corrected chi connectivity index (χ0v) is 10.2. The van der Waals surface area contributed by atoms with Gasteiger partial charge in [0.1, 0.15) is 5.82 Å². The first-order valence-corrected chi connectivity index (χ1v) is 5.92. The lowest BCUT2D eigenvalue weighted by atomic mass is 10.1. The molecule has 0 aliphatic rings. The van der Waals surface area contributed by atoms with Gasteiger partial charge in [-0.3, -0.25) is 0 Å². The van der Waals surface area contributed by atoms with Crippen molar-refractivity contribution in [1.82, 2.24) is 9.55 Å². The quantitative estimate of drug-likeness (QED) is 0.927. The molecule has 2 N–H and O–H groups in total. The molecule has 2 aromatic rings. The normalized spacial score (nSPS) is 11.8. The summed E-state index contributed by atoms with van der Waals surface area (Å²) in [5, 5.41) is 0. The second-order valence-electron chi connectivity index (χ2n) is 4.13. The Morgan fingerprint density at radius 3 is 2.63 bits per heavy atom. The summed E-state index contributed by atoms with van der Waals surface area (Å²) < 4.78 is 40.6. The Hall–Kier alpha value is -1.82. The molecule has 0 unspecified atom stereocenters. The van der Waals surface area contributed by atoms with E-state index >= 15 is 0 Å². The van der Waals surface area contributed by atoms with Crippen LogP contribution in [-0.4, -0.2) is 16.1 Å². The number of benzene rings is 1. The molecule has 1 heterocycles. The van der Waals surface area contributed by atoms with Crippen LogP contribution in [0.2, 0.25) is 0 Å². The summed E-state index contributed by atoms with van der Waals surface area (Å²) in [7, 11) is 0. The largest absolute Gasteiger partial charge is 0.417 e. The van der Waals surface area contributed by atoms with Crippen LogP contribution in [0, 0.1) is 0 Å². The molecule has 0 saturated heterocycles. The van der Waals surface area contributed by atoms with Gasteiger partial charge in [-0.25, -0.2) is 4.98 Å². The highest BCUT2D eigenvalue weighted by atomic mass is 19.4. The molecule has 0 atom stereocenters. The van der Waals surface area contributed by atoms with Crippen LogP contribution < -0.4 is 5.73 Å². The van der Waals surface area contributed by atoms with Crippen molar-refractivity contribution in [2.24, 2.45) is 5.73 Å². The molecule has 6 heteroatoms. The van der Waals surface area contributed by atoms with E-state index in [0.717, 1.165) is 6.07 Å². The Balaban J connectivity index is 2.45. The van der Waals surface area contributed by atoms with Gasteiger partial charge in [0.2, 0.25) is 0 Å². The topological polar surface area (TPSA) is 43.8 Å². The minimum atomic E-state index is -4.39. The minimum Gasteiger partial charge on any atom is -0.331 e. The maximum Gasteiger partial charge on any atom is 0.417 e. The maximum atomic E-state index is 13.0. The van der Waals surface area contributed by atoms with Crippen LogP contribution in [0.1, 0.15) is 12.0 Å². The van der Waals surface area contributed by atoms with Gasteiger partial charge in [-0.1, -0.05) is 18.2 Å². The van der Waals surface area contributed by atoms with Gasteiger partial charge >= 0.3 is 6.18 Å². The minimum absolute atomic E-state index is 0.0945. The maximum absolute atomic E-state index is 13.0. The lowest BCUT2D eigenvalue weighted by molar-refractivity contribution is -0.137. The zero-order chi connectivity index (χ0) is 13.9. The SMILES string of the molecule is NCCCn1ccnc1-c1ccccc1C(F)(F)F. The van der Waals surface area contributed by atoms with Crippen LogP contribution in [0.25, 0.3) is 11.4 Å². The Morgan fingerprint density at radius 1 is 1.21 bits per heavy atom. The summed E-state index contributed by atoms with van der Waals surface area (Å²) >= 11 is 0. The van der Waals surface area contributed by atoms with Crippen LogP contribution in [0.4, 0.5) is 13.2 Å². The Bertz CT molecular complexity index is 546. The van der Waals surface area contributed by atoms with Crippen molar-refractivity contribution in [3.8, 4) is 11.4 Å². The number of halogens is 3. The van der Waals surface area contributed by atoms with Crippen molar-refractivity contribution < 1.29 is 13.2 Å². The van der Waals surface area contributed by atoms with E-state index < -0.39 is 11.7 Å². The van der Waals surface area contributed by atoms with Crippen molar-refractivity contribution in [2.45, 2.75) is 19.1 Å². The van der Waals surface area contributed by atoms with E-state index in [0.29, 0.717) is 25.3 Å². The Morgan fingerprint density at radius 2 is 1.95 bits per heavy atom. The zero-order valence-electron chi connectivity index (χ0n) is 10.2. The van der Waals surface area contributed by atoms with Gasteiger partial charge in [0.05, 0.1) is 5.56 Å². The first-order chi connectivity index (χ1) is 9.04. The molecule has 0 spiro atoms. The Labute approximate surface area is 108 Å². The van der Waals surface area contributed by atoms with Gasteiger partial charge < -0.3 is 10.3 Å². The third kappa shape index (κ3) is 2.96. The van der Waals surface area contributed by atoms with Crippen molar-refractivity contribution in [3.63, 3.8) is 0 Å². The summed E-state index contributed by atoms with van der Waals surface area (Å²) in [6.07, 6.45) is -0.532. The molecule has 0 aliphatic carbocycles. The third-order valence-corrected chi connectivity index (χ3v) is 2.79. The van der Waals surface area contributed by atoms with Crippen LogP contribution in [0.15, 0.2) is 36.7 Å². The monoisotopic (exact) mass is 269 g/mol. The fourth-order valence-electron chi connectivity index (χ4n) is 1.92. The highest BCUT2D eigenvalue weighted by Gasteiger charge is 2.34. The van der Waals surface area contributed by atoms with Gasteiger partial charge in [-0.05, 0) is 19.0 Å². The van der Waals surface area contributed by atoms with Crippen molar-refractivity contribution in [1.29, 1.82) is 0 Å². The highest BCUT2D eigenvalue weighted by molar-refractivity contribution is 5.61. The van der Waals surface area contributed by atoms with Crippen LogP contribution in [0.5, 0.6) is 0 Å². The molecular formula is C13H14F3N3. The number of alkyl halides is 3. The molecule has 0 aliphatic heterocycles. The smallest absolute Gasteiger partial charge is 0.331 e. The molecule has 3 nitrogen and oxygen atoms in total. The molecule has 19 heavy (non-hydrogen) atoms. The molecule has 0 radical (unpaired) electrons. The number of rotatable bonds is 4. The van der Waals surface area contributed by atoms with Gasteiger partial charge in [0.15, 0.2) is 0 Å². The molecule has 2 rings (SSSR count). The molecule has 1 aromatic heterocycles. The first kappa shape index (κ1) is 13.6. The van der Waals surface area contributed by atoms with Crippen molar-refractivity contribution in [2.75, 3.05) is 6.54 Å². The van der Waals surface area contributed by atoms with E-state index in [4.69, 9.17) is 5.73 Å². The number of hydrogen-bond acceptors (Lipinski definition) is 2. The van der Waals surface area contributed by atoms with E-state index in [-0.39, 0.29) is 5.56 Å². The van der Waals surface area contributed by atoms with Crippen molar-refractivity contribution in [3.05, 3.63) is 42.2 Å². The fraction of sp³-hybridized carbons (Fsp3) is 0.308. The second kappa shape index (κ2) is 5.44. The van der Waals surface area contributed by atoms with Crippen LogP contribution in [0.3, 0.4) is 0 Å². The van der Waals surface area contributed by atoms with Gasteiger partial charge in [0.25, 0.3) is 0 Å². The lowest BCUT2D eigenvalue weighted by Crippen LogP contribution is -2.10. The van der Waals surface area contributed by atoms with Gasteiger partial charge in [0, 0.05) is 24.5 Å². The van der Waals surface area contributed by atoms with E-state index in [1.807, 2.05) is 0 Å². The van der Waals surface area contributed by atoms with Crippen LogP contribution >= 0.6 is 0 Å². The number of aryl methyl sites for hydroxylation is 1. The summed E-state index contributed by atoms with van der Waals surface area (Å²) in [6, 6.07) is 5.45. The van der Waals surface area contributed by atoms with E-state index in [9.17, 15) is 13.2 Å². The highest BCUT2D eigenvalue weighted by Crippen LogP contribution is 2.36. The van der Waals surface area contributed by atoms with E-state index in [2.05, 4.69) is 4.98 Å². The van der Waals surface area contributed by atoms with E-state index in [1.54, 1.807) is 16.8 Å². The number of imidazole rings is 1. The second-order valence-corrected chi connectivity index (χ2v) is 4.13. The average Bonchev–Trinajstić information content (AvgIpc) is 2.83. The number of nitrogens with zero attached hydrogens (tertiary/aromatic N) is 2. The number of aromatic nitrogens is 2.